The normalized spacial score (nSPS) is 20.3. The summed E-state index contributed by atoms with van der Waals surface area (Å²) in [6, 6.07) is 0. The maximum Gasteiger partial charge on any atom is 0.310 e. The van der Waals surface area contributed by atoms with E-state index in [0.717, 1.165) is 0 Å². The van der Waals surface area contributed by atoms with E-state index in [-0.39, 0.29) is 12.0 Å². The van der Waals surface area contributed by atoms with E-state index in [0.29, 0.717) is 6.08 Å². The van der Waals surface area contributed by atoms with Gasteiger partial charge in [0.05, 0.1) is 18.1 Å². The fourth-order valence-corrected chi connectivity index (χ4v) is 3.41. The summed E-state index contributed by atoms with van der Waals surface area (Å²) in [5.41, 5.74) is -1.78. The van der Waals surface area contributed by atoms with Crippen LogP contribution >= 0.6 is 0 Å². The van der Waals surface area contributed by atoms with Crippen LogP contribution in [0.3, 0.4) is 0 Å². The number of carbonyl (C=O) groups excluding carboxylic acids is 1. The Morgan fingerprint density at radius 1 is 1.04 bits per heavy atom. The van der Waals surface area contributed by atoms with Crippen molar-refractivity contribution in [2.75, 3.05) is 7.11 Å². The third-order valence-corrected chi connectivity index (χ3v) is 5.09. The predicted octanol–water partition coefficient (Wildman–Crippen LogP) is 4.91. The van der Waals surface area contributed by atoms with Crippen molar-refractivity contribution in [2.45, 2.75) is 40.4 Å². The Bertz CT molecular complexity index is 769. The van der Waals surface area contributed by atoms with Gasteiger partial charge in [-0.3, -0.25) is 4.79 Å². The van der Waals surface area contributed by atoms with Gasteiger partial charge in [0.15, 0.2) is 11.6 Å². The summed E-state index contributed by atoms with van der Waals surface area (Å²) in [5.74, 6) is -6.00. The van der Waals surface area contributed by atoms with Crippen LogP contribution in [0.15, 0.2) is 12.2 Å². The lowest BCUT2D eigenvalue weighted by molar-refractivity contribution is -0.147. The fourth-order valence-electron chi connectivity index (χ4n) is 3.41. The number of benzene rings is 1. The highest BCUT2D eigenvalue weighted by atomic mass is 19.3. The smallest absolute Gasteiger partial charge is 0.310 e. The molecule has 0 radical (unpaired) electrons. The van der Waals surface area contributed by atoms with Crippen LogP contribution in [0.1, 0.15) is 37.5 Å². The van der Waals surface area contributed by atoms with Crippen LogP contribution in [0.5, 0.6) is 0 Å². The highest BCUT2D eigenvalue weighted by Gasteiger charge is 2.62. The Morgan fingerprint density at radius 2 is 1.63 bits per heavy atom. The molecule has 1 saturated carbocycles. The van der Waals surface area contributed by atoms with Crippen LogP contribution < -0.4 is 0 Å². The molecule has 0 spiro atoms. The Kier molecular flexibility index (Phi) is 6.29. The molecule has 1 aliphatic carbocycles. The Hall–Kier alpha value is -1.96. The number of halogens is 5. The molecule has 2 rings (SSSR count). The molecule has 0 bridgehead atoms. The lowest BCUT2D eigenvalue weighted by Crippen LogP contribution is -2.15. The van der Waals surface area contributed by atoms with Gasteiger partial charge in [-0.25, -0.2) is 13.2 Å². The number of rotatable bonds is 7. The quantitative estimate of drug-likeness (QED) is 0.376. The largest absolute Gasteiger partial charge is 0.460 e. The maximum absolute atomic E-state index is 14.5. The van der Waals surface area contributed by atoms with E-state index < -0.39 is 71.1 Å². The molecular weight excluding hydrogens is 371 g/mol. The summed E-state index contributed by atoms with van der Waals surface area (Å²) in [5, 5.41) is 0. The van der Waals surface area contributed by atoms with Crippen LogP contribution in [0.25, 0.3) is 0 Å². The molecule has 0 aliphatic heterocycles. The number of hydrogen-bond donors (Lipinski definition) is 0. The summed E-state index contributed by atoms with van der Waals surface area (Å²) < 4.78 is 77.6. The summed E-state index contributed by atoms with van der Waals surface area (Å²) in [7, 11) is 1.22. The molecule has 3 nitrogen and oxygen atoms in total. The van der Waals surface area contributed by atoms with Gasteiger partial charge in [-0.1, -0.05) is 20.8 Å². The van der Waals surface area contributed by atoms with Crippen molar-refractivity contribution in [3.8, 4) is 0 Å². The van der Waals surface area contributed by atoms with E-state index >= 15 is 0 Å². The molecule has 2 atom stereocenters. The first-order valence-corrected chi connectivity index (χ1v) is 8.43. The lowest BCUT2D eigenvalue weighted by atomic mass is 10.00. The highest BCUT2D eigenvalue weighted by Crippen LogP contribution is 2.60. The summed E-state index contributed by atoms with van der Waals surface area (Å²) in [4.78, 5) is 12.2. The molecule has 0 heterocycles. The second-order valence-electron chi connectivity index (χ2n) is 7.05. The first-order valence-electron chi connectivity index (χ1n) is 8.43. The third kappa shape index (κ3) is 4.00. The molecule has 0 saturated heterocycles. The highest BCUT2D eigenvalue weighted by molar-refractivity contribution is 5.78. The number of ether oxygens (including phenoxy) is 2. The van der Waals surface area contributed by atoms with Gasteiger partial charge < -0.3 is 9.47 Å². The van der Waals surface area contributed by atoms with Crippen LogP contribution in [0.4, 0.5) is 22.0 Å². The maximum atomic E-state index is 14.5. The molecule has 1 aliphatic rings. The average Bonchev–Trinajstić information content (AvgIpc) is 3.12. The van der Waals surface area contributed by atoms with Crippen molar-refractivity contribution in [1.82, 2.24) is 0 Å². The standard InChI is InChI=1S/C19H21F5O3/c1-5-9-10(16(23)17(24)11(7-26-4)15(9)22)8-27-18(25)14-12(6-13(20)21)19(14,2)3/h6,12,14H,5,7-8H2,1-4H3/t12-,14+/m1/s1. The zero-order valence-corrected chi connectivity index (χ0v) is 15.5. The van der Waals surface area contributed by atoms with Crippen molar-refractivity contribution in [2.24, 2.45) is 17.3 Å². The Labute approximate surface area is 154 Å². The van der Waals surface area contributed by atoms with Crippen LogP contribution in [-0.4, -0.2) is 13.1 Å². The first-order chi connectivity index (χ1) is 12.6. The molecule has 0 unspecified atom stereocenters. The van der Waals surface area contributed by atoms with E-state index in [1.807, 2.05) is 0 Å². The third-order valence-electron chi connectivity index (χ3n) is 5.09. The van der Waals surface area contributed by atoms with Crippen molar-refractivity contribution >= 4 is 5.97 Å². The molecule has 1 aromatic carbocycles. The minimum Gasteiger partial charge on any atom is -0.460 e. The van der Waals surface area contributed by atoms with E-state index in [9.17, 15) is 26.7 Å². The fraction of sp³-hybridized carbons (Fsp3) is 0.526. The second-order valence-corrected chi connectivity index (χ2v) is 7.05. The molecular formula is C19H21F5O3. The van der Waals surface area contributed by atoms with Gasteiger partial charge in [-0.15, -0.1) is 0 Å². The van der Waals surface area contributed by atoms with Gasteiger partial charge in [0.1, 0.15) is 12.4 Å². The van der Waals surface area contributed by atoms with Crippen molar-refractivity contribution in [1.29, 1.82) is 0 Å². The number of methoxy groups -OCH3 is 1. The van der Waals surface area contributed by atoms with Crippen LogP contribution in [-0.2, 0) is 33.9 Å². The van der Waals surface area contributed by atoms with Gasteiger partial charge in [0.25, 0.3) is 6.08 Å². The van der Waals surface area contributed by atoms with E-state index in [1.165, 1.54) is 7.11 Å². The average molecular weight is 392 g/mol. The number of allylic oxidation sites excluding steroid dienone is 1. The van der Waals surface area contributed by atoms with Gasteiger partial charge in [-0.2, -0.15) is 8.78 Å². The summed E-state index contributed by atoms with van der Waals surface area (Å²) in [6.45, 7) is 3.67. The molecule has 150 valence electrons. The number of esters is 1. The minimum atomic E-state index is -1.90. The van der Waals surface area contributed by atoms with Crippen molar-refractivity contribution in [3.05, 3.63) is 46.3 Å². The topological polar surface area (TPSA) is 35.5 Å². The van der Waals surface area contributed by atoms with E-state index in [2.05, 4.69) is 4.74 Å². The second kappa shape index (κ2) is 7.96. The van der Waals surface area contributed by atoms with Crippen molar-refractivity contribution in [3.63, 3.8) is 0 Å². The number of carbonyl (C=O) groups is 1. The molecule has 1 aromatic rings. The van der Waals surface area contributed by atoms with E-state index in [4.69, 9.17) is 4.74 Å². The zero-order valence-electron chi connectivity index (χ0n) is 15.5. The molecule has 27 heavy (non-hydrogen) atoms. The SMILES string of the molecule is CCc1c(F)c(COC)c(F)c(F)c1COC(=O)[C@@H]1[C@@H](C=C(F)F)C1(C)C. The van der Waals surface area contributed by atoms with Gasteiger partial charge in [0, 0.05) is 18.6 Å². The van der Waals surface area contributed by atoms with Crippen LogP contribution in [0.2, 0.25) is 0 Å². The van der Waals surface area contributed by atoms with Gasteiger partial charge in [-0.05, 0) is 23.5 Å². The molecule has 1 fully saturated rings. The molecule has 0 N–H and O–H groups in total. The van der Waals surface area contributed by atoms with Gasteiger partial charge >= 0.3 is 5.97 Å². The van der Waals surface area contributed by atoms with Crippen LogP contribution in [0, 0.1) is 34.7 Å². The Morgan fingerprint density at radius 3 is 2.15 bits per heavy atom. The van der Waals surface area contributed by atoms with Crippen molar-refractivity contribution < 1.29 is 36.2 Å². The molecule has 8 heteroatoms. The molecule has 0 amide bonds. The first kappa shape index (κ1) is 21.3. The molecule has 0 aromatic heterocycles. The number of hydrogen-bond acceptors (Lipinski definition) is 3. The minimum absolute atomic E-state index is 0.0416. The summed E-state index contributed by atoms with van der Waals surface area (Å²) >= 11 is 0. The monoisotopic (exact) mass is 392 g/mol. The summed E-state index contributed by atoms with van der Waals surface area (Å²) in [6.07, 6.45) is -1.18. The van der Waals surface area contributed by atoms with E-state index in [1.54, 1.807) is 20.8 Å². The lowest BCUT2D eigenvalue weighted by Gasteiger charge is -2.15. The predicted molar refractivity (Wildman–Crippen MR) is 87.3 cm³/mol. The van der Waals surface area contributed by atoms with Gasteiger partial charge in [0.2, 0.25) is 0 Å². The zero-order chi connectivity index (χ0) is 20.5. The Balaban J connectivity index is 2.24.